The van der Waals surface area contributed by atoms with Crippen molar-refractivity contribution < 1.29 is 5.11 Å². The van der Waals surface area contributed by atoms with E-state index in [1.54, 1.807) is 13.1 Å². The van der Waals surface area contributed by atoms with Gasteiger partial charge in [0.1, 0.15) is 0 Å². The average Bonchev–Trinajstić information content (AvgIpc) is 2.05. The van der Waals surface area contributed by atoms with Crippen LogP contribution in [0.3, 0.4) is 0 Å². The van der Waals surface area contributed by atoms with E-state index < -0.39 is 0 Å². The van der Waals surface area contributed by atoms with Gasteiger partial charge in [-0.15, -0.1) is 0 Å². The van der Waals surface area contributed by atoms with E-state index in [4.69, 9.17) is 5.11 Å². The van der Waals surface area contributed by atoms with Crippen LogP contribution < -0.4 is 0 Å². The molecule has 12 heavy (non-hydrogen) atoms. The van der Waals surface area contributed by atoms with Crippen LogP contribution in [-0.2, 0) is 0 Å². The summed E-state index contributed by atoms with van der Waals surface area (Å²) in [5.74, 6) is 0. The second-order valence-electron chi connectivity index (χ2n) is 2.75. The maximum atomic E-state index is 8.92. The lowest BCUT2D eigenvalue weighted by Crippen LogP contribution is -2.03. The van der Waals surface area contributed by atoms with Crippen LogP contribution in [0.5, 0.6) is 0 Å². The molecule has 0 aliphatic heterocycles. The minimum Gasteiger partial charge on any atom is -0.391 e. The summed E-state index contributed by atoms with van der Waals surface area (Å²) in [6.45, 7) is 2.19. The van der Waals surface area contributed by atoms with Gasteiger partial charge in [0.05, 0.1) is 12.6 Å². The van der Waals surface area contributed by atoms with Crippen LogP contribution in [0.1, 0.15) is 12.5 Å². The fourth-order valence-electron chi connectivity index (χ4n) is 0.850. The topological polar surface area (TPSA) is 32.6 Å². The van der Waals surface area contributed by atoms with Crippen molar-refractivity contribution in [1.29, 1.82) is 0 Å². The van der Waals surface area contributed by atoms with Gasteiger partial charge >= 0.3 is 0 Å². The van der Waals surface area contributed by atoms with Crippen molar-refractivity contribution in [1.82, 2.24) is 0 Å². The summed E-state index contributed by atoms with van der Waals surface area (Å²) in [4.78, 5) is 4.07. The molecule has 1 aromatic carbocycles. The van der Waals surface area contributed by atoms with Gasteiger partial charge in [0.15, 0.2) is 0 Å². The molecule has 0 radical (unpaired) electrons. The van der Waals surface area contributed by atoms with Gasteiger partial charge in [0.25, 0.3) is 0 Å². The maximum absolute atomic E-state index is 8.92. The fourth-order valence-corrected chi connectivity index (χ4v) is 0.850. The van der Waals surface area contributed by atoms with Gasteiger partial charge < -0.3 is 5.11 Å². The van der Waals surface area contributed by atoms with E-state index in [1.165, 1.54) is 0 Å². The van der Waals surface area contributed by atoms with E-state index in [2.05, 4.69) is 4.99 Å². The van der Waals surface area contributed by atoms with Crippen LogP contribution in [0.4, 0.5) is 0 Å². The number of aliphatic hydroxyl groups excluding tert-OH is 1. The maximum Gasteiger partial charge on any atom is 0.0707 e. The van der Waals surface area contributed by atoms with Crippen LogP contribution >= 0.6 is 0 Å². The molecule has 0 bridgehead atoms. The number of rotatable bonds is 3. The van der Waals surface area contributed by atoms with Crippen LogP contribution in [0.2, 0.25) is 0 Å². The summed E-state index contributed by atoms with van der Waals surface area (Å²) in [5, 5.41) is 8.92. The van der Waals surface area contributed by atoms with Gasteiger partial charge in [-0.1, -0.05) is 30.3 Å². The Kier molecular flexibility index (Phi) is 3.48. The van der Waals surface area contributed by atoms with Gasteiger partial charge in [0, 0.05) is 6.21 Å². The third-order valence-corrected chi connectivity index (χ3v) is 1.41. The number of nitrogens with zero attached hydrogens (tertiary/aromatic N) is 1. The highest BCUT2D eigenvalue weighted by Crippen LogP contribution is 1.94. The van der Waals surface area contributed by atoms with Crippen molar-refractivity contribution in [2.24, 2.45) is 4.99 Å². The van der Waals surface area contributed by atoms with Crippen molar-refractivity contribution >= 4 is 6.21 Å². The van der Waals surface area contributed by atoms with Crippen LogP contribution in [0, 0.1) is 0 Å². The molecule has 0 saturated carbocycles. The second kappa shape index (κ2) is 4.67. The van der Waals surface area contributed by atoms with Gasteiger partial charge in [-0.25, -0.2) is 0 Å². The van der Waals surface area contributed by atoms with Crippen molar-refractivity contribution in [2.75, 3.05) is 6.54 Å². The Labute approximate surface area is 72.6 Å². The normalized spacial score (nSPS) is 13.5. The van der Waals surface area contributed by atoms with Crippen molar-refractivity contribution in [3.63, 3.8) is 0 Å². The van der Waals surface area contributed by atoms with Crippen molar-refractivity contribution in [2.45, 2.75) is 13.0 Å². The molecule has 0 unspecified atom stereocenters. The third kappa shape index (κ3) is 3.30. The standard InChI is InChI=1S/C10H13NO/c1-9(12)7-11-8-10-5-3-2-4-6-10/h2-6,8-9,12H,7H2,1H3/t9-/m1/s1. The lowest BCUT2D eigenvalue weighted by molar-refractivity contribution is 0.204. The highest BCUT2D eigenvalue weighted by atomic mass is 16.3. The molecule has 2 heteroatoms. The Balaban J connectivity index is 2.47. The molecule has 1 N–H and O–H groups in total. The fraction of sp³-hybridized carbons (Fsp3) is 0.300. The minimum atomic E-state index is -0.357. The largest absolute Gasteiger partial charge is 0.391 e. The molecule has 0 spiro atoms. The summed E-state index contributed by atoms with van der Waals surface area (Å²) in [6.07, 6.45) is 1.41. The van der Waals surface area contributed by atoms with E-state index in [9.17, 15) is 0 Å². The summed E-state index contributed by atoms with van der Waals surface area (Å²) in [5.41, 5.74) is 1.07. The van der Waals surface area contributed by atoms with E-state index in [-0.39, 0.29) is 6.10 Å². The molecule has 0 aliphatic rings. The van der Waals surface area contributed by atoms with Gasteiger partial charge in [0.2, 0.25) is 0 Å². The minimum absolute atomic E-state index is 0.357. The van der Waals surface area contributed by atoms with E-state index in [1.807, 2.05) is 30.3 Å². The van der Waals surface area contributed by atoms with Crippen LogP contribution in [0.25, 0.3) is 0 Å². The zero-order chi connectivity index (χ0) is 8.81. The number of aliphatic imine (C=N–C) groups is 1. The highest BCUT2D eigenvalue weighted by molar-refractivity contribution is 5.79. The van der Waals surface area contributed by atoms with E-state index in [0.29, 0.717) is 6.54 Å². The Morgan fingerprint density at radius 3 is 2.67 bits per heavy atom. The Morgan fingerprint density at radius 2 is 2.08 bits per heavy atom. The smallest absolute Gasteiger partial charge is 0.0707 e. The lowest BCUT2D eigenvalue weighted by Gasteiger charge is -1.96. The molecule has 0 aliphatic carbocycles. The predicted molar refractivity (Wildman–Crippen MR) is 50.6 cm³/mol. The molecule has 1 atom stereocenters. The second-order valence-corrected chi connectivity index (χ2v) is 2.75. The zero-order valence-electron chi connectivity index (χ0n) is 7.14. The van der Waals surface area contributed by atoms with E-state index in [0.717, 1.165) is 5.56 Å². The Bertz CT molecular complexity index is 241. The average molecular weight is 163 g/mol. The van der Waals surface area contributed by atoms with Crippen molar-refractivity contribution in [3.8, 4) is 0 Å². The zero-order valence-corrected chi connectivity index (χ0v) is 7.14. The predicted octanol–water partition coefficient (Wildman–Crippen LogP) is 1.49. The summed E-state index contributed by atoms with van der Waals surface area (Å²) < 4.78 is 0. The first-order chi connectivity index (χ1) is 5.79. The van der Waals surface area contributed by atoms with Gasteiger partial charge in [-0.2, -0.15) is 0 Å². The number of aliphatic hydroxyl groups is 1. The molecular formula is C10H13NO. The molecule has 0 aromatic heterocycles. The third-order valence-electron chi connectivity index (χ3n) is 1.41. The Hall–Kier alpha value is -1.15. The molecule has 0 heterocycles. The molecule has 64 valence electrons. The monoisotopic (exact) mass is 163 g/mol. The lowest BCUT2D eigenvalue weighted by atomic mass is 10.2. The van der Waals surface area contributed by atoms with Gasteiger partial charge in [-0.05, 0) is 12.5 Å². The molecular weight excluding hydrogens is 150 g/mol. The first kappa shape index (κ1) is 8.94. The quantitative estimate of drug-likeness (QED) is 0.673. The summed E-state index contributed by atoms with van der Waals surface area (Å²) in [6, 6.07) is 9.84. The summed E-state index contributed by atoms with van der Waals surface area (Å²) in [7, 11) is 0. The molecule has 0 amide bonds. The number of hydrogen-bond donors (Lipinski definition) is 1. The van der Waals surface area contributed by atoms with Gasteiger partial charge in [-0.3, -0.25) is 4.99 Å². The molecule has 1 aromatic rings. The van der Waals surface area contributed by atoms with Crippen LogP contribution in [-0.4, -0.2) is 24.0 Å². The number of benzene rings is 1. The van der Waals surface area contributed by atoms with E-state index >= 15 is 0 Å². The molecule has 0 saturated heterocycles. The van der Waals surface area contributed by atoms with Crippen molar-refractivity contribution in [3.05, 3.63) is 35.9 Å². The molecule has 0 fully saturated rings. The SMILES string of the molecule is C[C@@H](O)CN=Cc1ccccc1. The number of hydrogen-bond acceptors (Lipinski definition) is 2. The molecule has 1 rings (SSSR count). The first-order valence-electron chi connectivity index (χ1n) is 4.02. The Morgan fingerprint density at radius 1 is 1.42 bits per heavy atom. The molecule has 2 nitrogen and oxygen atoms in total. The highest BCUT2D eigenvalue weighted by Gasteiger charge is 1.89. The summed E-state index contributed by atoms with van der Waals surface area (Å²) >= 11 is 0. The first-order valence-corrected chi connectivity index (χ1v) is 4.02. The van der Waals surface area contributed by atoms with Crippen LogP contribution in [0.15, 0.2) is 35.3 Å².